The molecule has 1 N–H and O–H groups in total. The highest BCUT2D eigenvalue weighted by Crippen LogP contribution is 2.06. The van der Waals surface area contributed by atoms with Crippen molar-refractivity contribution in [3.8, 4) is 0 Å². The number of nitrogens with zero attached hydrogens (tertiary/aromatic N) is 1. The Morgan fingerprint density at radius 2 is 1.71 bits per heavy atom. The first kappa shape index (κ1) is 16.7. The van der Waals surface area contributed by atoms with Crippen molar-refractivity contribution in [1.82, 2.24) is 0 Å². The Morgan fingerprint density at radius 1 is 1.05 bits per heavy atom. The number of ether oxygens (including phenoxy) is 2. The van der Waals surface area contributed by atoms with Gasteiger partial charge in [-0.1, -0.05) is 18.2 Å². The first-order valence-corrected chi connectivity index (χ1v) is 6.87. The number of rotatable bonds is 8. The molecule has 0 saturated carbocycles. The van der Waals surface area contributed by atoms with E-state index in [1.165, 1.54) is 0 Å². The molecule has 1 aromatic rings. The molecule has 0 aliphatic carbocycles. The lowest BCUT2D eigenvalue weighted by Crippen LogP contribution is -2.20. The summed E-state index contributed by atoms with van der Waals surface area (Å²) in [5.74, 6) is -0.903. The van der Waals surface area contributed by atoms with Crippen molar-refractivity contribution in [1.29, 1.82) is 0 Å². The summed E-state index contributed by atoms with van der Waals surface area (Å²) >= 11 is 0. The standard InChI is InChI=1S/C15H20N2O4/c1-3-20-14(18)11-10-13(15(19)21-4-2)17-16-12-8-6-5-7-9-12/h5-9,16H,3-4,10-11H2,1-2H3/b17-13-. The quantitative estimate of drug-likeness (QED) is 0.452. The molecule has 0 radical (unpaired) electrons. The molecule has 6 heteroatoms. The number of para-hydroxylation sites is 1. The molecule has 0 spiro atoms. The van der Waals surface area contributed by atoms with Crippen LogP contribution in [0.4, 0.5) is 5.69 Å². The second kappa shape index (κ2) is 9.52. The van der Waals surface area contributed by atoms with Crippen molar-refractivity contribution >= 4 is 23.3 Å². The number of hydrazone groups is 1. The third kappa shape index (κ3) is 6.56. The van der Waals surface area contributed by atoms with Gasteiger partial charge in [0.05, 0.1) is 25.3 Å². The molecule has 0 aliphatic rings. The van der Waals surface area contributed by atoms with Gasteiger partial charge >= 0.3 is 11.9 Å². The van der Waals surface area contributed by atoms with Gasteiger partial charge < -0.3 is 9.47 Å². The average molecular weight is 292 g/mol. The first-order valence-electron chi connectivity index (χ1n) is 6.87. The van der Waals surface area contributed by atoms with Crippen LogP contribution in [-0.4, -0.2) is 30.9 Å². The lowest BCUT2D eigenvalue weighted by molar-refractivity contribution is -0.142. The summed E-state index contributed by atoms with van der Waals surface area (Å²) in [6.07, 6.45) is 0.249. The predicted molar refractivity (Wildman–Crippen MR) is 80.0 cm³/mol. The zero-order valence-corrected chi connectivity index (χ0v) is 12.3. The van der Waals surface area contributed by atoms with Gasteiger partial charge in [0.2, 0.25) is 0 Å². The number of benzene rings is 1. The molecule has 0 aromatic heterocycles. The molecule has 0 bridgehead atoms. The number of nitrogens with one attached hydrogen (secondary N) is 1. The lowest BCUT2D eigenvalue weighted by Gasteiger charge is -2.07. The summed E-state index contributed by atoms with van der Waals surface area (Å²) in [6, 6.07) is 9.21. The van der Waals surface area contributed by atoms with E-state index in [1.807, 2.05) is 30.3 Å². The Morgan fingerprint density at radius 3 is 2.33 bits per heavy atom. The fourth-order valence-electron chi connectivity index (χ4n) is 1.52. The normalized spacial score (nSPS) is 10.9. The van der Waals surface area contributed by atoms with Crippen molar-refractivity contribution < 1.29 is 19.1 Å². The van der Waals surface area contributed by atoms with Gasteiger partial charge in [0.1, 0.15) is 5.71 Å². The lowest BCUT2D eigenvalue weighted by atomic mass is 10.2. The molecule has 21 heavy (non-hydrogen) atoms. The van der Waals surface area contributed by atoms with Gasteiger partial charge in [0.25, 0.3) is 0 Å². The van der Waals surface area contributed by atoms with E-state index in [0.717, 1.165) is 5.69 Å². The smallest absolute Gasteiger partial charge is 0.354 e. The number of hydrogen-bond acceptors (Lipinski definition) is 6. The number of carbonyl (C=O) groups is 2. The minimum Gasteiger partial charge on any atom is -0.466 e. The maximum absolute atomic E-state index is 11.8. The third-order valence-electron chi connectivity index (χ3n) is 2.48. The summed E-state index contributed by atoms with van der Waals surface area (Å²) < 4.78 is 9.75. The molecule has 0 heterocycles. The average Bonchev–Trinajstić information content (AvgIpc) is 2.48. The Hall–Kier alpha value is -2.37. The maximum Gasteiger partial charge on any atom is 0.354 e. The van der Waals surface area contributed by atoms with E-state index in [-0.39, 0.29) is 31.1 Å². The highest BCUT2D eigenvalue weighted by Gasteiger charge is 2.15. The van der Waals surface area contributed by atoms with Gasteiger partial charge in [-0.2, -0.15) is 5.10 Å². The Kier molecular flexibility index (Phi) is 7.56. The van der Waals surface area contributed by atoms with Gasteiger partial charge in [-0.25, -0.2) is 4.79 Å². The summed E-state index contributed by atoms with van der Waals surface area (Å²) in [5.41, 5.74) is 3.68. The number of esters is 2. The molecule has 6 nitrogen and oxygen atoms in total. The Labute approximate surface area is 124 Å². The summed E-state index contributed by atoms with van der Waals surface area (Å²) in [4.78, 5) is 23.1. The summed E-state index contributed by atoms with van der Waals surface area (Å²) in [5, 5.41) is 4.03. The highest BCUT2D eigenvalue weighted by molar-refractivity contribution is 6.36. The molecule has 1 aromatic carbocycles. The van der Waals surface area contributed by atoms with Crippen molar-refractivity contribution in [3.63, 3.8) is 0 Å². The molecule has 0 atom stereocenters. The Balaban J connectivity index is 2.67. The van der Waals surface area contributed by atoms with Crippen molar-refractivity contribution in [2.45, 2.75) is 26.7 Å². The van der Waals surface area contributed by atoms with Crippen LogP contribution in [-0.2, 0) is 19.1 Å². The van der Waals surface area contributed by atoms with E-state index < -0.39 is 5.97 Å². The molecule has 0 aliphatic heterocycles. The highest BCUT2D eigenvalue weighted by atomic mass is 16.5. The van der Waals surface area contributed by atoms with Crippen LogP contribution in [0.2, 0.25) is 0 Å². The minimum atomic E-state index is -0.537. The predicted octanol–water partition coefficient (Wildman–Crippen LogP) is 2.36. The van der Waals surface area contributed by atoms with Crippen LogP contribution in [0, 0.1) is 0 Å². The second-order valence-corrected chi connectivity index (χ2v) is 4.06. The number of hydrogen-bond donors (Lipinski definition) is 1. The van der Waals surface area contributed by atoms with E-state index in [1.54, 1.807) is 13.8 Å². The molecule has 0 saturated heterocycles. The van der Waals surface area contributed by atoms with E-state index in [0.29, 0.717) is 6.61 Å². The zero-order valence-electron chi connectivity index (χ0n) is 12.3. The van der Waals surface area contributed by atoms with E-state index in [4.69, 9.17) is 9.47 Å². The molecule has 1 rings (SSSR count). The number of carbonyl (C=O) groups excluding carboxylic acids is 2. The topological polar surface area (TPSA) is 77.0 Å². The SMILES string of the molecule is CCOC(=O)CC/C(=N/Nc1ccccc1)C(=O)OCC. The maximum atomic E-state index is 11.8. The molecule has 114 valence electrons. The van der Waals surface area contributed by atoms with Crippen molar-refractivity contribution in [2.24, 2.45) is 5.10 Å². The van der Waals surface area contributed by atoms with E-state index in [2.05, 4.69) is 10.5 Å². The van der Waals surface area contributed by atoms with Crippen molar-refractivity contribution in [2.75, 3.05) is 18.6 Å². The first-order chi connectivity index (χ1) is 10.2. The van der Waals surface area contributed by atoms with Crippen LogP contribution in [0.5, 0.6) is 0 Å². The number of anilines is 1. The zero-order chi connectivity index (χ0) is 15.5. The fourth-order valence-corrected chi connectivity index (χ4v) is 1.52. The molecular formula is C15H20N2O4. The van der Waals surface area contributed by atoms with Crippen molar-refractivity contribution in [3.05, 3.63) is 30.3 Å². The van der Waals surface area contributed by atoms with Crippen LogP contribution in [0.3, 0.4) is 0 Å². The van der Waals surface area contributed by atoms with Crippen LogP contribution >= 0.6 is 0 Å². The Bertz CT molecular complexity index is 486. The largest absolute Gasteiger partial charge is 0.466 e. The molecule has 0 amide bonds. The van der Waals surface area contributed by atoms with Crippen LogP contribution < -0.4 is 5.43 Å². The van der Waals surface area contributed by atoms with Gasteiger partial charge in [-0.05, 0) is 26.0 Å². The van der Waals surface area contributed by atoms with Crippen LogP contribution in [0.15, 0.2) is 35.4 Å². The summed E-state index contributed by atoms with van der Waals surface area (Å²) in [6.45, 7) is 4.01. The second-order valence-electron chi connectivity index (χ2n) is 4.06. The molecule has 0 unspecified atom stereocenters. The van der Waals surface area contributed by atoms with Gasteiger partial charge in [-0.15, -0.1) is 0 Å². The fraction of sp³-hybridized carbons (Fsp3) is 0.400. The molecule has 0 fully saturated rings. The minimum absolute atomic E-state index is 0.0853. The monoisotopic (exact) mass is 292 g/mol. The van der Waals surface area contributed by atoms with E-state index in [9.17, 15) is 9.59 Å². The molecular weight excluding hydrogens is 272 g/mol. The van der Waals surface area contributed by atoms with Gasteiger partial charge in [0.15, 0.2) is 0 Å². The summed E-state index contributed by atoms with van der Waals surface area (Å²) in [7, 11) is 0. The van der Waals surface area contributed by atoms with Crippen LogP contribution in [0.1, 0.15) is 26.7 Å². The van der Waals surface area contributed by atoms with E-state index >= 15 is 0 Å². The third-order valence-corrected chi connectivity index (χ3v) is 2.48. The van der Waals surface area contributed by atoms with Gasteiger partial charge in [0, 0.05) is 6.42 Å². The van der Waals surface area contributed by atoms with Crippen LogP contribution in [0.25, 0.3) is 0 Å². The van der Waals surface area contributed by atoms with Gasteiger partial charge in [-0.3, -0.25) is 10.2 Å².